The third kappa shape index (κ3) is 3.87. The van der Waals surface area contributed by atoms with Gasteiger partial charge in [-0.3, -0.25) is 9.69 Å². The van der Waals surface area contributed by atoms with E-state index in [-0.39, 0.29) is 12.5 Å². The van der Waals surface area contributed by atoms with Crippen LogP contribution in [0, 0.1) is 12.3 Å². The number of hydrogen-bond donors (Lipinski definition) is 2. The highest BCUT2D eigenvalue weighted by Crippen LogP contribution is 2.39. The SMILES string of the molecule is Cc1cc(N)n(CC(=O)N2CC[C@@](O)(CN3CCOCC3)C(C)(C)C2)n1. The second-order valence-electron chi connectivity index (χ2n) is 8.24. The van der Waals surface area contributed by atoms with E-state index in [0.717, 1.165) is 18.8 Å². The lowest BCUT2D eigenvalue weighted by Crippen LogP contribution is -2.63. The number of aromatic nitrogens is 2. The molecule has 2 fully saturated rings. The molecule has 0 spiro atoms. The second-order valence-corrected chi connectivity index (χ2v) is 8.24. The minimum absolute atomic E-state index is 0.0127. The van der Waals surface area contributed by atoms with Crippen LogP contribution in [0.4, 0.5) is 5.82 Å². The number of amides is 1. The number of carbonyl (C=O) groups is 1. The maximum Gasteiger partial charge on any atom is 0.244 e. The van der Waals surface area contributed by atoms with Crippen LogP contribution in [0.5, 0.6) is 0 Å². The van der Waals surface area contributed by atoms with Gasteiger partial charge in [0, 0.05) is 44.2 Å². The number of hydrogen-bond acceptors (Lipinski definition) is 6. The van der Waals surface area contributed by atoms with Crippen LogP contribution in [0.2, 0.25) is 0 Å². The number of piperidine rings is 1. The first kappa shape index (κ1) is 19.1. The molecule has 2 aliphatic rings. The van der Waals surface area contributed by atoms with Gasteiger partial charge >= 0.3 is 0 Å². The van der Waals surface area contributed by atoms with Crippen molar-refractivity contribution in [3.63, 3.8) is 0 Å². The average molecular weight is 365 g/mol. The normalized spacial score (nSPS) is 26.8. The summed E-state index contributed by atoms with van der Waals surface area (Å²) in [6, 6.07) is 1.76. The summed E-state index contributed by atoms with van der Waals surface area (Å²) < 4.78 is 6.94. The molecular weight excluding hydrogens is 334 g/mol. The zero-order valence-electron chi connectivity index (χ0n) is 16.1. The van der Waals surface area contributed by atoms with Crippen molar-refractivity contribution in [1.29, 1.82) is 0 Å². The first-order valence-electron chi connectivity index (χ1n) is 9.30. The predicted molar refractivity (Wildman–Crippen MR) is 98.6 cm³/mol. The minimum atomic E-state index is -0.817. The zero-order valence-corrected chi connectivity index (χ0v) is 16.1. The van der Waals surface area contributed by atoms with Crippen LogP contribution in [-0.2, 0) is 16.1 Å². The number of carbonyl (C=O) groups excluding carboxylic acids is 1. The van der Waals surface area contributed by atoms with Crippen molar-refractivity contribution in [2.45, 2.75) is 39.3 Å². The summed E-state index contributed by atoms with van der Waals surface area (Å²) >= 11 is 0. The zero-order chi connectivity index (χ0) is 18.9. The molecule has 2 aliphatic heterocycles. The third-order valence-electron chi connectivity index (χ3n) is 5.80. The summed E-state index contributed by atoms with van der Waals surface area (Å²) in [5.74, 6) is 0.484. The van der Waals surface area contributed by atoms with Crippen LogP contribution < -0.4 is 5.73 Å². The number of β-amino-alcohol motifs (C(OH)–C–C–N with tert-alkyl or cyclic N) is 1. The molecule has 3 heterocycles. The van der Waals surface area contributed by atoms with Gasteiger partial charge < -0.3 is 20.5 Å². The Balaban J connectivity index is 1.63. The maximum atomic E-state index is 12.7. The topological polar surface area (TPSA) is 96.8 Å². The van der Waals surface area contributed by atoms with E-state index in [9.17, 15) is 9.90 Å². The molecule has 146 valence electrons. The molecule has 0 bridgehead atoms. The molecule has 0 unspecified atom stereocenters. The van der Waals surface area contributed by atoms with E-state index in [2.05, 4.69) is 10.00 Å². The molecule has 8 nitrogen and oxygen atoms in total. The highest BCUT2D eigenvalue weighted by Gasteiger charge is 2.49. The number of likely N-dealkylation sites (tertiary alicyclic amines) is 1. The third-order valence-corrected chi connectivity index (χ3v) is 5.80. The Morgan fingerprint density at radius 3 is 2.62 bits per heavy atom. The largest absolute Gasteiger partial charge is 0.388 e. The molecule has 26 heavy (non-hydrogen) atoms. The molecule has 0 saturated carbocycles. The number of nitrogens with zero attached hydrogens (tertiary/aromatic N) is 4. The number of aryl methyl sites for hydroxylation is 1. The van der Waals surface area contributed by atoms with E-state index in [1.165, 1.54) is 0 Å². The standard InChI is InChI=1S/C18H31N5O3/c1-14-10-15(19)23(20-14)11-16(24)22-5-4-18(25,17(2,3)12-22)13-21-6-8-26-9-7-21/h10,25H,4-9,11-13,19H2,1-3H3/t18-/m1/s1. The molecule has 3 N–H and O–H groups in total. The molecular formula is C18H31N5O3. The second kappa shape index (κ2) is 7.17. The predicted octanol–water partition coefficient (Wildman–Crippen LogP) is 0.0955. The van der Waals surface area contributed by atoms with Gasteiger partial charge in [-0.25, -0.2) is 4.68 Å². The Hall–Kier alpha value is -1.64. The van der Waals surface area contributed by atoms with Crippen LogP contribution in [-0.4, -0.2) is 82.1 Å². The van der Waals surface area contributed by atoms with Gasteiger partial charge in [-0.2, -0.15) is 5.10 Å². The monoisotopic (exact) mass is 365 g/mol. The minimum Gasteiger partial charge on any atom is -0.388 e. The van der Waals surface area contributed by atoms with Gasteiger partial charge in [0.2, 0.25) is 5.91 Å². The summed E-state index contributed by atoms with van der Waals surface area (Å²) in [4.78, 5) is 16.8. The Labute approximate surface area is 154 Å². The van der Waals surface area contributed by atoms with Gasteiger partial charge in [-0.1, -0.05) is 13.8 Å². The van der Waals surface area contributed by atoms with Crippen molar-refractivity contribution in [3.05, 3.63) is 11.8 Å². The van der Waals surface area contributed by atoms with Crippen molar-refractivity contribution in [3.8, 4) is 0 Å². The van der Waals surface area contributed by atoms with Crippen molar-refractivity contribution in [2.24, 2.45) is 5.41 Å². The number of aliphatic hydroxyl groups is 1. The Morgan fingerprint density at radius 2 is 2.04 bits per heavy atom. The summed E-state index contributed by atoms with van der Waals surface area (Å²) in [6.07, 6.45) is 0.566. The molecule has 1 atom stereocenters. The molecule has 0 aromatic carbocycles. The summed E-state index contributed by atoms with van der Waals surface area (Å²) in [5, 5.41) is 15.6. The number of morpholine rings is 1. The number of anilines is 1. The van der Waals surface area contributed by atoms with E-state index in [4.69, 9.17) is 10.5 Å². The van der Waals surface area contributed by atoms with Gasteiger partial charge in [-0.05, 0) is 13.3 Å². The highest BCUT2D eigenvalue weighted by atomic mass is 16.5. The van der Waals surface area contributed by atoms with Crippen molar-refractivity contribution in [2.75, 3.05) is 51.7 Å². The fourth-order valence-electron chi connectivity index (χ4n) is 3.92. The molecule has 1 aromatic rings. The molecule has 3 rings (SSSR count). The fraction of sp³-hybridized carbons (Fsp3) is 0.778. The molecule has 1 amide bonds. The lowest BCUT2D eigenvalue weighted by Gasteiger charge is -2.52. The fourth-order valence-corrected chi connectivity index (χ4v) is 3.92. The van der Waals surface area contributed by atoms with E-state index in [0.29, 0.717) is 45.1 Å². The Bertz CT molecular complexity index is 653. The van der Waals surface area contributed by atoms with E-state index < -0.39 is 11.0 Å². The molecule has 0 radical (unpaired) electrons. The smallest absolute Gasteiger partial charge is 0.244 e. The van der Waals surface area contributed by atoms with Crippen LogP contribution >= 0.6 is 0 Å². The lowest BCUT2D eigenvalue weighted by molar-refractivity contribution is -0.158. The molecule has 1 aromatic heterocycles. The maximum absolute atomic E-state index is 12.7. The van der Waals surface area contributed by atoms with Crippen molar-refractivity contribution < 1.29 is 14.6 Å². The van der Waals surface area contributed by atoms with Crippen molar-refractivity contribution >= 4 is 11.7 Å². The van der Waals surface area contributed by atoms with Crippen LogP contribution in [0.3, 0.4) is 0 Å². The van der Waals surface area contributed by atoms with E-state index >= 15 is 0 Å². The number of rotatable bonds is 4. The number of nitrogen functional groups attached to an aromatic ring is 1. The van der Waals surface area contributed by atoms with Gasteiger partial charge in [-0.15, -0.1) is 0 Å². The first-order chi connectivity index (χ1) is 12.2. The molecule has 2 saturated heterocycles. The Morgan fingerprint density at radius 1 is 1.35 bits per heavy atom. The Kier molecular flexibility index (Phi) is 5.28. The lowest BCUT2D eigenvalue weighted by atomic mass is 9.69. The summed E-state index contributed by atoms with van der Waals surface area (Å²) in [5.41, 5.74) is 5.48. The summed E-state index contributed by atoms with van der Waals surface area (Å²) in [6.45, 7) is 10.9. The van der Waals surface area contributed by atoms with E-state index in [1.54, 1.807) is 10.7 Å². The first-order valence-corrected chi connectivity index (χ1v) is 9.30. The number of nitrogens with two attached hydrogens (primary N) is 1. The van der Waals surface area contributed by atoms with Crippen molar-refractivity contribution in [1.82, 2.24) is 19.6 Å². The highest BCUT2D eigenvalue weighted by molar-refractivity contribution is 5.76. The quantitative estimate of drug-likeness (QED) is 0.785. The molecule has 0 aliphatic carbocycles. The molecule has 8 heteroatoms. The van der Waals surface area contributed by atoms with Gasteiger partial charge in [0.1, 0.15) is 12.4 Å². The average Bonchev–Trinajstić information content (AvgIpc) is 2.88. The van der Waals surface area contributed by atoms with Crippen LogP contribution in [0.1, 0.15) is 26.0 Å². The van der Waals surface area contributed by atoms with Gasteiger partial charge in [0.25, 0.3) is 0 Å². The van der Waals surface area contributed by atoms with Crippen LogP contribution in [0.15, 0.2) is 6.07 Å². The summed E-state index contributed by atoms with van der Waals surface area (Å²) in [7, 11) is 0. The van der Waals surface area contributed by atoms with Gasteiger partial charge in [0.15, 0.2) is 0 Å². The van der Waals surface area contributed by atoms with E-state index in [1.807, 2.05) is 25.7 Å². The van der Waals surface area contributed by atoms with Crippen LogP contribution in [0.25, 0.3) is 0 Å². The van der Waals surface area contributed by atoms with Gasteiger partial charge in [0.05, 0.1) is 24.5 Å². The number of ether oxygens (including phenoxy) is 1.